The molecule has 0 saturated heterocycles. The summed E-state index contributed by atoms with van der Waals surface area (Å²) in [5.41, 5.74) is 1.71. The standard InChI is InChI=1S/C23H23NO2/c25-20-15-13-19(14-16-20)24(23(26)18-8-2-1-3-9-18)22-12-6-10-17-7-4-5-11-21(17)22/h4-7,10-16,18,25H,1-3,8-9H2. The first-order valence-corrected chi connectivity index (χ1v) is 9.35. The molecule has 1 aliphatic carbocycles. The van der Waals surface area contributed by atoms with Crippen molar-refractivity contribution in [1.82, 2.24) is 0 Å². The molecule has 0 spiro atoms. The Labute approximate surface area is 153 Å². The van der Waals surface area contributed by atoms with Crippen LogP contribution in [0.1, 0.15) is 32.1 Å². The summed E-state index contributed by atoms with van der Waals surface area (Å²) in [4.78, 5) is 15.3. The molecule has 3 aromatic rings. The largest absolute Gasteiger partial charge is 0.508 e. The molecule has 1 amide bonds. The van der Waals surface area contributed by atoms with E-state index in [2.05, 4.69) is 18.2 Å². The first kappa shape index (κ1) is 16.6. The number of amides is 1. The van der Waals surface area contributed by atoms with Crippen LogP contribution >= 0.6 is 0 Å². The van der Waals surface area contributed by atoms with Crippen LogP contribution in [0, 0.1) is 5.92 Å². The van der Waals surface area contributed by atoms with Gasteiger partial charge in [-0.15, -0.1) is 0 Å². The number of phenolic OH excluding ortho intramolecular Hbond substituents is 1. The van der Waals surface area contributed by atoms with Crippen LogP contribution in [-0.2, 0) is 4.79 Å². The van der Waals surface area contributed by atoms with Crippen LogP contribution in [-0.4, -0.2) is 11.0 Å². The zero-order valence-corrected chi connectivity index (χ0v) is 14.8. The molecule has 0 aromatic heterocycles. The highest BCUT2D eigenvalue weighted by Gasteiger charge is 2.28. The number of fused-ring (bicyclic) bond motifs is 1. The Morgan fingerprint density at radius 2 is 1.54 bits per heavy atom. The van der Waals surface area contributed by atoms with Crippen molar-refractivity contribution >= 4 is 28.1 Å². The molecule has 1 N–H and O–H groups in total. The SMILES string of the molecule is O=C(C1CCCCC1)N(c1ccc(O)cc1)c1cccc2ccccc12. The summed E-state index contributed by atoms with van der Waals surface area (Å²) >= 11 is 0. The summed E-state index contributed by atoms with van der Waals surface area (Å²) in [6.07, 6.45) is 5.37. The third-order valence-electron chi connectivity index (χ3n) is 5.29. The Balaban J connectivity index is 1.84. The number of rotatable bonds is 3. The van der Waals surface area contributed by atoms with E-state index in [-0.39, 0.29) is 17.6 Å². The van der Waals surface area contributed by atoms with Crippen molar-refractivity contribution in [2.24, 2.45) is 5.92 Å². The third-order valence-corrected chi connectivity index (χ3v) is 5.29. The predicted octanol–water partition coefficient (Wildman–Crippen LogP) is 5.79. The second-order valence-electron chi connectivity index (χ2n) is 7.02. The maximum absolute atomic E-state index is 13.5. The average molecular weight is 345 g/mol. The van der Waals surface area contributed by atoms with E-state index in [0.29, 0.717) is 0 Å². The van der Waals surface area contributed by atoms with Crippen LogP contribution < -0.4 is 4.90 Å². The van der Waals surface area contributed by atoms with Crippen LogP contribution in [0.15, 0.2) is 66.7 Å². The van der Waals surface area contributed by atoms with Crippen molar-refractivity contribution in [3.8, 4) is 5.75 Å². The van der Waals surface area contributed by atoms with Gasteiger partial charge in [0.2, 0.25) is 5.91 Å². The molecule has 0 radical (unpaired) electrons. The molecule has 1 saturated carbocycles. The molecule has 0 unspecified atom stereocenters. The number of nitrogens with zero attached hydrogens (tertiary/aromatic N) is 1. The molecule has 3 aromatic carbocycles. The van der Waals surface area contributed by atoms with Crippen LogP contribution in [0.2, 0.25) is 0 Å². The van der Waals surface area contributed by atoms with E-state index in [1.165, 1.54) is 6.42 Å². The van der Waals surface area contributed by atoms with Gasteiger partial charge < -0.3 is 5.11 Å². The van der Waals surface area contributed by atoms with Crippen molar-refractivity contribution in [2.45, 2.75) is 32.1 Å². The first-order valence-electron chi connectivity index (χ1n) is 9.35. The van der Waals surface area contributed by atoms with Crippen molar-refractivity contribution in [2.75, 3.05) is 4.90 Å². The topological polar surface area (TPSA) is 40.5 Å². The summed E-state index contributed by atoms with van der Waals surface area (Å²) in [5, 5.41) is 11.8. The lowest BCUT2D eigenvalue weighted by Gasteiger charge is -2.30. The summed E-state index contributed by atoms with van der Waals surface area (Å²) < 4.78 is 0. The van der Waals surface area contributed by atoms with Gasteiger partial charge in [0.1, 0.15) is 5.75 Å². The molecule has 1 fully saturated rings. The van der Waals surface area contributed by atoms with Gasteiger partial charge in [0.15, 0.2) is 0 Å². The third kappa shape index (κ3) is 3.17. The second-order valence-corrected chi connectivity index (χ2v) is 7.02. The predicted molar refractivity (Wildman–Crippen MR) is 106 cm³/mol. The van der Waals surface area contributed by atoms with Gasteiger partial charge in [-0.3, -0.25) is 9.69 Å². The molecular formula is C23H23NO2. The van der Waals surface area contributed by atoms with Gasteiger partial charge in [0, 0.05) is 17.0 Å². The zero-order valence-electron chi connectivity index (χ0n) is 14.8. The van der Waals surface area contributed by atoms with Gasteiger partial charge in [0.25, 0.3) is 0 Å². The van der Waals surface area contributed by atoms with Gasteiger partial charge in [-0.05, 0) is 48.6 Å². The Hall–Kier alpha value is -2.81. The quantitative estimate of drug-likeness (QED) is 0.652. The summed E-state index contributed by atoms with van der Waals surface area (Å²) in [6, 6.07) is 21.1. The van der Waals surface area contributed by atoms with Crippen molar-refractivity contribution in [3.63, 3.8) is 0 Å². The van der Waals surface area contributed by atoms with Crippen LogP contribution in [0.3, 0.4) is 0 Å². The van der Waals surface area contributed by atoms with E-state index in [9.17, 15) is 9.90 Å². The highest BCUT2D eigenvalue weighted by atomic mass is 16.3. The van der Waals surface area contributed by atoms with Crippen LogP contribution in [0.5, 0.6) is 5.75 Å². The van der Waals surface area contributed by atoms with Crippen molar-refractivity contribution < 1.29 is 9.90 Å². The van der Waals surface area contributed by atoms with Crippen molar-refractivity contribution in [1.29, 1.82) is 0 Å². The Morgan fingerprint density at radius 1 is 0.846 bits per heavy atom. The Bertz CT molecular complexity index is 906. The fourth-order valence-corrected chi connectivity index (χ4v) is 3.92. The van der Waals surface area contributed by atoms with Gasteiger partial charge in [-0.1, -0.05) is 55.7 Å². The molecule has 26 heavy (non-hydrogen) atoms. The molecule has 3 nitrogen and oxygen atoms in total. The van der Waals surface area contributed by atoms with Gasteiger partial charge in [0.05, 0.1) is 5.69 Å². The van der Waals surface area contributed by atoms with E-state index in [4.69, 9.17) is 0 Å². The summed E-state index contributed by atoms with van der Waals surface area (Å²) in [5.74, 6) is 0.431. The Morgan fingerprint density at radius 3 is 2.31 bits per heavy atom. The minimum absolute atomic E-state index is 0.0662. The molecule has 132 valence electrons. The molecule has 0 heterocycles. The van der Waals surface area contributed by atoms with Gasteiger partial charge in [-0.25, -0.2) is 0 Å². The number of carbonyl (C=O) groups excluding carboxylic acids is 1. The lowest BCUT2D eigenvalue weighted by Crippen LogP contribution is -2.33. The lowest BCUT2D eigenvalue weighted by molar-refractivity contribution is -0.122. The van der Waals surface area contributed by atoms with E-state index in [1.807, 2.05) is 41.3 Å². The minimum atomic E-state index is 0.0662. The zero-order chi connectivity index (χ0) is 17.9. The normalized spacial score (nSPS) is 15.1. The number of carbonyl (C=O) groups is 1. The monoisotopic (exact) mass is 345 g/mol. The van der Waals surface area contributed by atoms with E-state index >= 15 is 0 Å². The number of anilines is 2. The van der Waals surface area contributed by atoms with Crippen LogP contribution in [0.25, 0.3) is 10.8 Å². The second kappa shape index (κ2) is 7.20. The fraction of sp³-hybridized carbons (Fsp3) is 0.261. The minimum Gasteiger partial charge on any atom is -0.508 e. The number of phenols is 1. The number of aromatic hydroxyl groups is 1. The molecular weight excluding hydrogens is 322 g/mol. The summed E-state index contributed by atoms with van der Waals surface area (Å²) in [6.45, 7) is 0. The van der Waals surface area contributed by atoms with Crippen LogP contribution in [0.4, 0.5) is 11.4 Å². The molecule has 0 aliphatic heterocycles. The maximum atomic E-state index is 13.5. The maximum Gasteiger partial charge on any atom is 0.234 e. The number of hydrogen-bond donors (Lipinski definition) is 1. The first-order chi connectivity index (χ1) is 12.7. The highest BCUT2D eigenvalue weighted by Crippen LogP contribution is 2.36. The average Bonchev–Trinajstić information content (AvgIpc) is 2.70. The number of benzene rings is 3. The molecule has 0 atom stereocenters. The van der Waals surface area contributed by atoms with Gasteiger partial charge in [-0.2, -0.15) is 0 Å². The lowest BCUT2D eigenvalue weighted by atomic mass is 9.88. The van der Waals surface area contributed by atoms with E-state index < -0.39 is 0 Å². The van der Waals surface area contributed by atoms with E-state index in [1.54, 1.807) is 12.1 Å². The van der Waals surface area contributed by atoms with Crippen molar-refractivity contribution in [3.05, 3.63) is 66.7 Å². The van der Waals surface area contributed by atoms with E-state index in [0.717, 1.165) is 47.8 Å². The summed E-state index contributed by atoms with van der Waals surface area (Å²) in [7, 11) is 0. The smallest absolute Gasteiger partial charge is 0.234 e. The van der Waals surface area contributed by atoms with Gasteiger partial charge >= 0.3 is 0 Å². The molecule has 3 heteroatoms. The molecule has 0 bridgehead atoms. The fourth-order valence-electron chi connectivity index (χ4n) is 3.92. The number of hydrogen-bond acceptors (Lipinski definition) is 2. The molecule has 1 aliphatic rings. The highest BCUT2D eigenvalue weighted by molar-refractivity contribution is 6.09. The molecule has 4 rings (SSSR count). The Kier molecular flexibility index (Phi) is 4.61.